The number of nitrogens with one attached hydrogen (secondary N) is 1. The largest absolute Gasteiger partial charge is 0.364 e. The fourth-order valence-electron chi connectivity index (χ4n) is 3.32. The Hall–Kier alpha value is -4.09. The predicted octanol–water partition coefficient (Wildman–Crippen LogP) is 2.71. The van der Waals surface area contributed by atoms with E-state index in [2.05, 4.69) is 25.5 Å². The van der Waals surface area contributed by atoms with Gasteiger partial charge in [-0.05, 0) is 17.7 Å². The second kappa shape index (κ2) is 7.87. The number of primary sulfonamides is 1. The first kappa shape index (κ1) is 19.8. The molecular weight excluding hydrogens is 430 g/mol. The summed E-state index contributed by atoms with van der Waals surface area (Å²) in [5, 5.41) is 17.0. The standard InChI is InChI=1S/C21H17N7O3S/c22-32(29,30)17-10-15(11-23-13-17)20-25-21(24-12-16-7-9-31-27-16)19-18(6-8-28(19)26-20)14-4-2-1-3-5-14/h1-11,13H,12H2,(H2,22,29,30)(H,24,25,26). The lowest BCUT2D eigenvalue weighted by Gasteiger charge is -2.11. The Morgan fingerprint density at radius 1 is 1.06 bits per heavy atom. The van der Waals surface area contributed by atoms with Crippen LogP contribution in [0.1, 0.15) is 5.69 Å². The molecule has 0 spiro atoms. The van der Waals surface area contributed by atoms with Crippen molar-refractivity contribution in [1.82, 2.24) is 24.7 Å². The molecule has 3 N–H and O–H groups in total. The fourth-order valence-corrected chi connectivity index (χ4v) is 3.82. The highest BCUT2D eigenvalue weighted by atomic mass is 32.2. The number of pyridine rings is 1. The zero-order chi connectivity index (χ0) is 22.1. The van der Waals surface area contributed by atoms with Crippen LogP contribution in [-0.4, -0.2) is 33.2 Å². The monoisotopic (exact) mass is 447 g/mol. The molecule has 0 aliphatic rings. The van der Waals surface area contributed by atoms with E-state index in [1.807, 2.05) is 42.6 Å². The smallest absolute Gasteiger partial charge is 0.239 e. The van der Waals surface area contributed by atoms with Crippen LogP contribution in [0, 0.1) is 0 Å². The van der Waals surface area contributed by atoms with Crippen molar-refractivity contribution in [2.75, 3.05) is 5.32 Å². The van der Waals surface area contributed by atoms with Crippen LogP contribution in [0.2, 0.25) is 0 Å². The Kier molecular flexibility index (Phi) is 4.88. The molecule has 4 aromatic heterocycles. The molecule has 1 aromatic carbocycles. The van der Waals surface area contributed by atoms with Crippen LogP contribution in [0.5, 0.6) is 0 Å². The lowest BCUT2D eigenvalue weighted by atomic mass is 10.1. The van der Waals surface area contributed by atoms with Crippen LogP contribution in [0.25, 0.3) is 28.0 Å². The third kappa shape index (κ3) is 3.82. The average molecular weight is 447 g/mol. The first-order valence-electron chi connectivity index (χ1n) is 9.55. The van der Waals surface area contributed by atoms with Gasteiger partial charge in [0.25, 0.3) is 0 Å². The fraction of sp³-hybridized carbons (Fsp3) is 0.0476. The van der Waals surface area contributed by atoms with Crippen molar-refractivity contribution in [3.05, 3.63) is 79.1 Å². The number of fused-ring (bicyclic) bond motifs is 1. The molecule has 0 aliphatic carbocycles. The summed E-state index contributed by atoms with van der Waals surface area (Å²) in [5.74, 6) is 0.830. The molecule has 0 unspecified atom stereocenters. The van der Waals surface area contributed by atoms with Gasteiger partial charge in [-0.1, -0.05) is 35.5 Å². The zero-order valence-corrected chi connectivity index (χ0v) is 17.4. The normalized spacial score (nSPS) is 11.7. The molecule has 0 atom stereocenters. The van der Waals surface area contributed by atoms with Gasteiger partial charge in [0.15, 0.2) is 11.6 Å². The molecule has 0 bridgehead atoms. The van der Waals surface area contributed by atoms with Gasteiger partial charge in [-0.3, -0.25) is 4.98 Å². The molecule has 5 rings (SSSR count). The number of rotatable bonds is 6. The second-order valence-corrected chi connectivity index (χ2v) is 8.53. The van der Waals surface area contributed by atoms with Crippen molar-refractivity contribution in [1.29, 1.82) is 0 Å². The molecule has 0 aliphatic heterocycles. The minimum atomic E-state index is -3.92. The van der Waals surface area contributed by atoms with E-state index in [0.29, 0.717) is 23.6 Å². The van der Waals surface area contributed by atoms with Gasteiger partial charge in [0.1, 0.15) is 22.4 Å². The predicted molar refractivity (Wildman–Crippen MR) is 117 cm³/mol. The first-order valence-corrected chi connectivity index (χ1v) is 11.1. The maximum absolute atomic E-state index is 11.8. The van der Waals surface area contributed by atoms with Gasteiger partial charge in [0, 0.05) is 35.8 Å². The van der Waals surface area contributed by atoms with Gasteiger partial charge in [-0.15, -0.1) is 5.10 Å². The summed E-state index contributed by atoms with van der Waals surface area (Å²) in [7, 11) is -3.92. The average Bonchev–Trinajstić information content (AvgIpc) is 3.47. The van der Waals surface area contributed by atoms with Gasteiger partial charge in [-0.25, -0.2) is 23.1 Å². The van der Waals surface area contributed by atoms with Gasteiger partial charge in [0.2, 0.25) is 10.0 Å². The van der Waals surface area contributed by atoms with Crippen molar-refractivity contribution >= 4 is 21.4 Å². The van der Waals surface area contributed by atoms with E-state index >= 15 is 0 Å². The highest BCUT2D eigenvalue weighted by Gasteiger charge is 2.17. The highest BCUT2D eigenvalue weighted by molar-refractivity contribution is 7.89. The molecule has 160 valence electrons. The molecule has 32 heavy (non-hydrogen) atoms. The summed E-state index contributed by atoms with van der Waals surface area (Å²) in [4.78, 5) is 8.54. The Bertz CT molecular complexity index is 1500. The number of hydrogen-bond acceptors (Lipinski definition) is 8. The Morgan fingerprint density at radius 3 is 2.66 bits per heavy atom. The van der Waals surface area contributed by atoms with Crippen molar-refractivity contribution in [3.8, 4) is 22.5 Å². The molecule has 0 amide bonds. The van der Waals surface area contributed by atoms with E-state index in [-0.39, 0.29) is 10.7 Å². The third-order valence-electron chi connectivity index (χ3n) is 4.82. The minimum absolute atomic E-state index is 0.117. The van der Waals surface area contributed by atoms with Crippen molar-refractivity contribution in [2.24, 2.45) is 5.14 Å². The van der Waals surface area contributed by atoms with Crippen molar-refractivity contribution < 1.29 is 12.9 Å². The number of benzene rings is 1. The van der Waals surface area contributed by atoms with Crippen LogP contribution in [0.15, 0.2) is 82.8 Å². The first-order chi connectivity index (χ1) is 15.5. The Balaban J connectivity index is 1.66. The highest BCUT2D eigenvalue weighted by Crippen LogP contribution is 2.31. The zero-order valence-electron chi connectivity index (χ0n) is 16.6. The quantitative estimate of drug-likeness (QED) is 0.405. The topological polar surface area (TPSA) is 141 Å². The van der Waals surface area contributed by atoms with Gasteiger partial charge >= 0.3 is 0 Å². The van der Waals surface area contributed by atoms with Crippen LogP contribution >= 0.6 is 0 Å². The summed E-state index contributed by atoms with van der Waals surface area (Å²) in [6, 6.07) is 15.0. The Morgan fingerprint density at radius 2 is 1.91 bits per heavy atom. The number of nitrogens with zero attached hydrogens (tertiary/aromatic N) is 5. The van der Waals surface area contributed by atoms with E-state index in [4.69, 9.17) is 9.66 Å². The molecule has 5 aromatic rings. The lowest BCUT2D eigenvalue weighted by molar-refractivity contribution is 0.412. The summed E-state index contributed by atoms with van der Waals surface area (Å²) in [6.45, 7) is 0.373. The molecule has 4 heterocycles. The third-order valence-corrected chi connectivity index (χ3v) is 5.70. The minimum Gasteiger partial charge on any atom is -0.364 e. The second-order valence-electron chi connectivity index (χ2n) is 6.97. The molecular formula is C21H17N7O3S. The SMILES string of the molecule is NS(=O)(=O)c1cncc(-c2nc(NCc3ccon3)c3c(-c4ccccc4)ccn3n2)c1. The molecule has 0 saturated heterocycles. The molecule has 0 radical (unpaired) electrons. The van der Waals surface area contributed by atoms with Crippen LogP contribution < -0.4 is 10.5 Å². The van der Waals surface area contributed by atoms with Gasteiger partial charge < -0.3 is 9.84 Å². The maximum atomic E-state index is 11.8. The van der Waals surface area contributed by atoms with E-state index in [1.165, 1.54) is 24.7 Å². The van der Waals surface area contributed by atoms with E-state index in [1.54, 1.807) is 10.6 Å². The molecule has 0 fully saturated rings. The molecule has 11 heteroatoms. The van der Waals surface area contributed by atoms with Crippen LogP contribution in [0.4, 0.5) is 5.82 Å². The summed E-state index contributed by atoms with van der Waals surface area (Å²) < 4.78 is 30.1. The van der Waals surface area contributed by atoms with E-state index < -0.39 is 10.0 Å². The number of sulfonamides is 1. The summed E-state index contributed by atoms with van der Waals surface area (Å²) in [6.07, 6.45) is 5.99. The van der Waals surface area contributed by atoms with E-state index in [0.717, 1.165) is 16.6 Å². The number of aromatic nitrogens is 5. The maximum Gasteiger partial charge on any atom is 0.239 e. The molecule has 0 saturated carbocycles. The molecule has 10 nitrogen and oxygen atoms in total. The summed E-state index contributed by atoms with van der Waals surface area (Å²) >= 11 is 0. The number of anilines is 1. The summed E-state index contributed by atoms with van der Waals surface area (Å²) in [5.41, 5.74) is 3.83. The van der Waals surface area contributed by atoms with Gasteiger partial charge in [0.05, 0.1) is 6.54 Å². The Labute approximate surface area is 182 Å². The van der Waals surface area contributed by atoms with Crippen LogP contribution in [0.3, 0.4) is 0 Å². The number of hydrogen-bond donors (Lipinski definition) is 2. The van der Waals surface area contributed by atoms with Crippen molar-refractivity contribution in [3.63, 3.8) is 0 Å². The van der Waals surface area contributed by atoms with E-state index in [9.17, 15) is 8.42 Å². The van der Waals surface area contributed by atoms with Gasteiger partial charge in [-0.2, -0.15) is 0 Å². The lowest BCUT2D eigenvalue weighted by Crippen LogP contribution is -2.13. The van der Waals surface area contributed by atoms with Crippen molar-refractivity contribution in [2.45, 2.75) is 11.4 Å². The number of nitrogens with two attached hydrogens (primary N) is 1. The van der Waals surface area contributed by atoms with Crippen LogP contribution in [-0.2, 0) is 16.6 Å².